The van der Waals surface area contributed by atoms with Crippen molar-refractivity contribution in [2.24, 2.45) is 10.7 Å². The third-order valence-electron chi connectivity index (χ3n) is 4.61. The summed E-state index contributed by atoms with van der Waals surface area (Å²) in [6.07, 6.45) is 3.39. The first-order chi connectivity index (χ1) is 14.3. The Labute approximate surface area is 178 Å². The number of benzene rings is 1. The van der Waals surface area contributed by atoms with Crippen LogP contribution in [-0.2, 0) is 16.7 Å². The van der Waals surface area contributed by atoms with Crippen molar-refractivity contribution in [3.05, 3.63) is 69.7 Å². The number of halogens is 2. The number of rotatable bonds is 5. The topological polar surface area (TPSA) is 113 Å². The monoisotopic (exact) mass is 427 g/mol. The Balaban J connectivity index is 1.95. The molecule has 1 amide bonds. The molecule has 1 atom stereocenters. The lowest BCUT2D eigenvalue weighted by Gasteiger charge is -2.28. The summed E-state index contributed by atoms with van der Waals surface area (Å²) >= 11 is 6.36. The van der Waals surface area contributed by atoms with E-state index in [0.29, 0.717) is 33.8 Å². The van der Waals surface area contributed by atoms with Gasteiger partial charge in [-0.25, -0.2) is 14.4 Å². The summed E-state index contributed by atoms with van der Waals surface area (Å²) in [7, 11) is 0. The van der Waals surface area contributed by atoms with Gasteiger partial charge in [-0.3, -0.25) is 4.79 Å². The largest absolute Gasteiger partial charge is 0.428 e. The number of nitrogens with two attached hydrogens (primary N) is 1. The minimum Gasteiger partial charge on any atom is -0.428 e. The molecule has 1 aliphatic rings. The van der Waals surface area contributed by atoms with Gasteiger partial charge < -0.3 is 15.8 Å². The Morgan fingerprint density at radius 1 is 1.43 bits per heavy atom. The van der Waals surface area contributed by atoms with E-state index in [9.17, 15) is 9.18 Å². The summed E-state index contributed by atoms with van der Waals surface area (Å²) in [6.45, 7) is 2.74. The molecule has 0 radical (unpaired) electrons. The summed E-state index contributed by atoms with van der Waals surface area (Å²) in [5.74, 6) is -0.394. The van der Waals surface area contributed by atoms with Crippen LogP contribution in [0.25, 0.3) is 0 Å². The highest BCUT2D eigenvalue weighted by Crippen LogP contribution is 2.37. The summed E-state index contributed by atoms with van der Waals surface area (Å²) in [4.78, 5) is 21.2. The van der Waals surface area contributed by atoms with E-state index in [-0.39, 0.29) is 17.5 Å². The van der Waals surface area contributed by atoms with E-state index >= 15 is 0 Å². The molecule has 30 heavy (non-hydrogen) atoms. The van der Waals surface area contributed by atoms with Crippen molar-refractivity contribution < 1.29 is 13.9 Å². The van der Waals surface area contributed by atoms with E-state index in [1.807, 2.05) is 13.0 Å². The smallest absolute Gasteiger partial charge is 0.288 e. The molecule has 7 nitrogen and oxygen atoms in total. The number of nitrogens with one attached hydrogen (secondary N) is 1. The zero-order valence-corrected chi connectivity index (χ0v) is 17.1. The number of amides is 1. The van der Waals surface area contributed by atoms with E-state index in [1.165, 1.54) is 12.3 Å². The Morgan fingerprint density at radius 3 is 2.87 bits per heavy atom. The first-order valence-electron chi connectivity index (χ1n) is 9.11. The molecule has 1 aromatic carbocycles. The van der Waals surface area contributed by atoms with Gasteiger partial charge in [-0.15, -0.1) is 0 Å². The second kappa shape index (κ2) is 8.51. The highest BCUT2D eigenvalue weighted by Gasteiger charge is 2.32. The highest BCUT2D eigenvalue weighted by atomic mass is 35.5. The number of nitrogens with zero attached hydrogens (tertiary/aromatic N) is 3. The first kappa shape index (κ1) is 21.3. The molecule has 0 saturated carbocycles. The molecule has 1 aromatic heterocycles. The lowest BCUT2D eigenvalue weighted by atomic mass is 9.90. The maximum atomic E-state index is 13.2. The van der Waals surface area contributed by atoms with Crippen LogP contribution >= 0.6 is 11.6 Å². The number of ether oxygens (including phenoxy) is 1. The number of carbonyl (C=O) groups is 1. The zero-order chi connectivity index (χ0) is 21.9. The zero-order valence-electron chi connectivity index (χ0n) is 16.4. The molecule has 0 fully saturated rings. The van der Waals surface area contributed by atoms with Gasteiger partial charge in [0.25, 0.3) is 11.9 Å². The fraction of sp³-hybridized carbons (Fsp3) is 0.238. The highest BCUT2D eigenvalue weighted by molar-refractivity contribution is 6.31. The second-order valence-electron chi connectivity index (χ2n) is 6.79. The molecule has 2 aromatic rings. The van der Waals surface area contributed by atoms with Gasteiger partial charge in [0.15, 0.2) is 0 Å². The SMILES string of the molecule is CCc1cc(C#N)cnc1C(=O)Nc1ccc(Cl)c([C@]2(C)C=C(CF)OC(N)=N2)c1. The number of alkyl halides is 1. The van der Waals surface area contributed by atoms with Crippen molar-refractivity contribution in [3.63, 3.8) is 0 Å². The molecule has 0 unspecified atom stereocenters. The summed E-state index contributed by atoms with van der Waals surface area (Å²) in [6, 6.07) is 8.36. The maximum absolute atomic E-state index is 13.2. The van der Waals surface area contributed by atoms with Crippen LogP contribution < -0.4 is 11.1 Å². The standard InChI is InChI=1S/C21H19ClFN5O2/c1-3-13-6-12(10-24)11-26-18(13)19(29)27-14-4-5-17(22)16(7-14)21(2)8-15(9-23)30-20(25)28-21/h4-8,11H,3,9H2,1-2H3,(H2,25,28)(H,27,29)/t21-/m0/s1. The normalized spacial score (nSPS) is 18.0. The van der Waals surface area contributed by atoms with E-state index in [1.54, 1.807) is 31.2 Å². The van der Waals surface area contributed by atoms with Gasteiger partial charge in [-0.05, 0) is 49.2 Å². The minimum absolute atomic E-state index is 0.0323. The van der Waals surface area contributed by atoms with Crippen molar-refractivity contribution in [1.29, 1.82) is 5.26 Å². The van der Waals surface area contributed by atoms with Gasteiger partial charge in [0.2, 0.25) is 0 Å². The molecular weight excluding hydrogens is 409 g/mol. The van der Waals surface area contributed by atoms with E-state index < -0.39 is 18.1 Å². The van der Waals surface area contributed by atoms with Gasteiger partial charge in [0.05, 0.1) is 5.56 Å². The van der Waals surface area contributed by atoms with Crippen molar-refractivity contribution in [2.45, 2.75) is 25.8 Å². The van der Waals surface area contributed by atoms with Crippen LogP contribution in [0.2, 0.25) is 5.02 Å². The van der Waals surface area contributed by atoms with Gasteiger partial charge in [-0.1, -0.05) is 18.5 Å². The first-order valence-corrected chi connectivity index (χ1v) is 9.48. The van der Waals surface area contributed by atoms with E-state index in [2.05, 4.69) is 15.3 Å². The molecule has 0 spiro atoms. The number of pyridine rings is 1. The van der Waals surface area contributed by atoms with Gasteiger partial charge >= 0.3 is 0 Å². The van der Waals surface area contributed by atoms with Crippen LogP contribution in [0.15, 0.2) is 47.3 Å². The third-order valence-corrected chi connectivity index (χ3v) is 4.94. The number of amidine groups is 1. The molecule has 3 N–H and O–H groups in total. The molecule has 3 rings (SSSR count). The fourth-order valence-electron chi connectivity index (χ4n) is 3.19. The second-order valence-corrected chi connectivity index (χ2v) is 7.20. The van der Waals surface area contributed by atoms with E-state index in [0.717, 1.165) is 0 Å². The number of aromatic nitrogens is 1. The summed E-state index contributed by atoms with van der Waals surface area (Å²) in [5, 5.41) is 12.2. The Bertz CT molecular complexity index is 1110. The Hall–Kier alpha value is -3.44. The van der Waals surface area contributed by atoms with Crippen molar-refractivity contribution in [1.82, 2.24) is 4.98 Å². The maximum Gasteiger partial charge on any atom is 0.288 e. The van der Waals surface area contributed by atoms with Crippen LogP contribution in [-0.4, -0.2) is 23.6 Å². The predicted molar refractivity (Wildman–Crippen MR) is 112 cm³/mol. The molecule has 0 saturated heterocycles. The quantitative estimate of drug-likeness (QED) is 0.752. The van der Waals surface area contributed by atoms with Gasteiger partial charge in [-0.2, -0.15) is 5.26 Å². The molecule has 2 heterocycles. The lowest BCUT2D eigenvalue weighted by molar-refractivity contribution is 0.102. The van der Waals surface area contributed by atoms with Gasteiger partial charge in [0, 0.05) is 22.5 Å². The van der Waals surface area contributed by atoms with Crippen molar-refractivity contribution in [2.75, 3.05) is 12.0 Å². The van der Waals surface area contributed by atoms with Crippen LogP contribution in [0.5, 0.6) is 0 Å². The van der Waals surface area contributed by atoms with Gasteiger partial charge in [0.1, 0.15) is 29.7 Å². The van der Waals surface area contributed by atoms with Crippen LogP contribution in [0.3, 0.4) is 0 Å². The summed E-state index contributed by atoms with van der Waals surface area (Å²) in [5.41, 5.74) is 6.86. The Morgan fingerprint density at radius 2 is 2.20 bits per heavy atom. The molecule has 154 valence electrons. The molecule has 0 aliphatic carbocycles. The van der Waals surface area contributed by atoms with Crippen LogP contribution in [0.1, 0.15) is 41.0 Å². The number of carbonyl (C=O) groups excluding carboxylic acids is 1. The molecule has 1 aliphatic heterocycles. The average molecular weight is 428 g/mol. The lowest BCUT2D eigenvalue weighted by Crippen LogP contribution is -2.30. The molecular formula is C21H19ClFN5O2. The number of anilines is 1. The fourth-order valence-corrected chi connectivity index (χ4v) is 3.50. The summed E-state index contributed by atoms with van der Waals surface area (Å²) < 4.78 is 18.2. The third kappa shape index (κ3) is 4.26. The number of allylic oxidation sites excluding steroid dienone is 1. The van der Waals surface area contributed by atoms with Crippen LogP contribution in [0.4, 0.5) is 10.1 Å². The Kier molecular flexibility index (Phi) is 6.04. The van der Waals surface area contributed by atoms with Crippen molar-refractivity contribution >= 4 is 29.2 Å². The number of nitriles is 1. The average Bonchev–Trinajstić information content (AvgIpc) is 2.73. The molecule has 0 bridgehead atoms. The number of hydrogen-bond acceptors (Lipinski definition) is 6. The number of aliphatic imine (C=N–C) groups is 1. The minimum atomic E-state index is -1.07. The van der Waals surface area contributed by atoms with Crippen molar-refractivity contribution in [3.8, 4) is 6.07 Å². The van der Waals surface area contributed by atoms with E-state index in [4.69, 9.17) is 27.3 Å². The number of hydrogen-bond donors (Lipinski definition) is 2. The number of aryl methyl sites for hydroxylation is 1. The molecule has 9 heteroatoms. The predicted octanol–water partition coefficient (Wildman–Crippen LogP) is 3.83. The van der Waals surface area contributed by atoms with Crippen LogP contribution in [0, 0.1) is 11.3 Å².